The molecular formula is C15H18N2O. The number of aromatic nitrogens is 1. The van der Waals surface area contributed by atoms with Crippen molar-refractivity contribution in [3.8, 4) is 5.75 Å². The minimum atomic E-state index is 0.675. The number of nitrogens with one attached hydrogen (secondary N) is 1. The van der Waals surface area contributed by atoms with Crippen LogP contribution in [0.5, 0.6) is 5.75 Å². The topological polar surface area (TPSA) is 34.1 Å². The van der Waals surface area contributed by atoms with Crippen LogP contribution in [0.25, 0.3) is 0 Å². The molecule has 0 fully saturated rings. The van der Waals surface area contributed by atoms with Crippen LogP contribution in [-0.2, 0) is 6.54 Å². The van der Waals surface area contributed by atoms with Gasteiger partial charge in [-0.1, -0.05) is 17.7 Å². The van der Waals surface area contributed by atoms with Crippen LogP contribution in [0.2, 0.25) is 0 Å². The minimum Gasteiger partial charge on any atom is -0.492 e. The molecule has 0 atom stereocenters. The van der Waals surface area contributed by atoms with E-state index in [9.17, 15) is 0 Å². The smallest absolute Gasteiger partial charge is 0.119 e. The first-order valence-corrected chi connectivity index (χ1v) is 6.14. The molecule has 18 heavy (non-hydrogen) atoms. The first kappa shape index (κ1) is 12.6. The summed E-state index contributed by atoms with van der Waals surface area (Å²) in [6.07, 6.45) is 3.61. The first-order chi connectivity index (χ1) is 8.84. The summed E-state index contributed by atoms with van der Waals surface area (Å²) in [5.41, 5.74) is 2.48. The van der Waals surface area contributed by atoms with Crippen molar-refractivity contribution in [3.63, 3.8) is 0 Å². The van der Waals surface area contributed by atoms with Crippen LogP contribution < -0.4 is 10.1 Å². The molecule has 0 bridgehead atoms. The molecule has 2 aromatic rings. The Kier molecular flexibility index (Phi) is 4.73. The largest absolute Gasteiger partial charge is 0.492 e. The summed E-state index contributed by atoms with van der Waals surface area (Å²) in [6.45, 7) is 4.42. The second-order valence-electron chi connectivity index (χ2n) is 4.19. The summed E-state index contributed by atoms with van der Waals surface area (Å²) in [7, 11) is 0. The highest BCUT2D eigenvalue weighted by Crippen LogP contribution is 2.10. The average molecular weight is 242 g/mol. The zero-order valence-corrected chi connectivity index (χ0v) is 10.6. The van der Waals surface area contributed by atoms with Crippen LogP contribution in [0.3, 0.4) is 0 Å². The number of hydrogen-bond acceptors (Lipinski definition) is 3. The normalized spacial score (nSPS) is 10.3. The molecule has 3 nitrogen and oxygen atoms in total. The summed E-state index contributed by atoms with van der Waals surface area (Å²) >= 11 is 0. The lowest BCUT2D eigenvalue weighted by molar-refractivity contribution is 0.313. The summed E-state index contributed by atoms with van der Waals surface area (Å²) in [5.74, 6) is 0.923. The molecule has 2 rings (SSSR count). The van der Waals surface area contributed by atoms with Gasteiger partial charge in [0, 0.05) is 25.5 Å². The Bertz CT molecular complexity index is 454. The van der Waals surface area contributed by atoms with Crippen molar-refractivity contribution in [2.24, 2.45) is 0 Å². The molecule has 0 aliphatic carbocycles. The Labute approximate surface area is 108 Å². The van der Waals surface area contributed by atoms with E-state index >= 15 is 0 Å². The maximum Gasteiger partial charge on any atom is 0.119 e. The zero-order chi connectivity index (χ0) is 12.6. The molecule has 0 radical (unpaired) electrons. The van der Waals surface area contributed by atoms with Gasteiger partial charge in [0.2, 0.25) is 0 Å². The van der Waals surface area contributed by atoms with Gasteiger partial charge in [0.25, 0.3) is 0 Å². The van der Waals surface area contributed by atoms with Gasteiger partial charge in [-0.25, -0.2) is 0 Å². The van der Waals surface area contributed by atoms with Crippen LogP contribution in [-0.4, -0.2) is 18.1 Å². The van der Waals surface area contributed by atoms with Gasteiger partial charge in [-0.3, -0.25) is 4.98 Å². The standard InChI is InChI=1S/C15H18N2O/c1-13-2-4-15(5-3-13)18-11-10-17-12-14-6-8-16-9-7-14/h2-9,17H,10-12H2,1H3. The van der Waals surface area contributed by atoms with E-state index in [2.05, 4.69) is 29.4 Å². The second kappa shape index (κ2) is 6.77. The van der Waals surface area contributed by atoms with Crippen LogP contribution in [0.1, 0.15) is 11.1 Å². The Morgan fingerprint density at radius 1 is 1.06 bits per heavy atom. The Hall–Kier alpha value is -1.87. The van der Waals surface area contributed by atoms with Gasteiger partial charge in [-0.05, 0) is 36.8 Å². The fourth-order valence-electron chi connectivity index (χ4n) is 1.61. The summed E-state index contributed by atoms with van der Waals surface area (Å²) in [4.78, 5) is 3.98. The van der Waals surface area contributed by atoms with E-state index in [1.54, 1.807) is 12.4 Å². The lowest BCUT2D eigenvalue weighted by atomic mass is 10.2. The highest BCUT2D eigenvalue weighted by atomic mass is 16.5. The third kappa shape index (κ3) is 4.18. The molecule has 0 unspecified atom stereocenters. The quantitative estimate of drug-likeness (QED) is 0.790. The SMILES string of the molecule is Cc1ccc(OCCNCc2ccncc2)cc1. The zero-order valence-electron chi connectivity index (χ0n) is 10.6. The lowest BCUT2D eigenvalue weighted by Crippen LogP contribution is -2.20. The molecule has 3 heteroatoms. The van der Waals surface area contributed by atoms with E-state index in [0.717, 1.165) is 18.8 Å². The molecule has 0 saturated carbocycles. The van der Waals surface area contributed by atoms with Gasteiger partial charge < -0.3 is 10.1 Å². The van der Waals surface area contributed by atoms with Gasteiger partial charge in [-0.15, -0.1) is 0 Å². The predicted octanol–water partition coefficient (Wildman–Crippen LogP) is 2.56. The van der Waals surface area contributed by atoms with E-state index in [1.807, 2.05) is 24.3 Å². The number of hydrogen-bond donors (Lipinski definition) is 1. The lowest BCUT2D eigenvalue weighted by Gasteiger charge is -2.07. The van der Waals surface area contributed by atoms with Crippen molar-refractivity contribution in [2.45, 2.75) is 13.5 Å². The van der Waals surface area contributed by atoms with Crippen molar-refractivity contribution < 1.29 is 4.74 Å². The van der Waals surface area contributed by atoms with Crippen LogP contribution in [0.4, 0.5) is 0 Å². The number of nitrogens with zero attached hydrogens (tertiary/aromatic N) is 1. The van der Waals surface area contributed by atoms with Gasteiger partial charge in [0.15, 0.2) is 0 Å². The fraction of sp³-hybridized carbons (Fsp3) is 0.267. The van der Waals surface area contributed by atoms with Crippen LogP contribution in [0.15, 0.2) is 48.8 Å². The number of pyridine rings is 1. The molecule has 0 spiro atoms. The highest BCUT2D eigenvalue weighted by Gasteiger charge is 1.94. The van der Waals surface area contributed by atoms with E-state index in [0.29, 0.717) is 6.61 Å². The Morgan fingerprint density at radius 2 is 1.78 bits per heavy atom. The van der Waals surface area contributed by atoms with Gasteiger partial charge in [-0.2, -0.15) is 0 Å². The van der Waals surface area contributed by atoms with E-state index in [1.165, 1.54) is 11.1 Å². The third-order valence-electron chi connectivity index (χ3n) is 2.65. The number of benzene rings is 1. The summed E-state index contributed by atoms with van der Waals surface area (Å²) in [6, 6.07) is 12.1. The van der Waals surface area contributed by atoms with Gasteiger partial charge in [0.05, 0.1) is 0 Å². The molecule has 1 N–H and O–H groups in total. The van der Waals surface area contributed by atoms with E-state index in [-0.39, 0.29) is 0 Å². The number of ether oxygens (including phenoxy) is 1. The molecule has 0 aliphatic heterocycles. The van der Waals surface area contributed by atoms with Crippen LogP contribution >= 0.6 is 0 Å². The van der Waals surface area contributed by atoms with Gasteiger partial charge in [0.1, 0.15) is 12.4 Å². The molecule has 0 saturated heterocycles. The predicted molar refractivity (Wildman–Crippen MR) is 72.6 cm³/mol. The molecular weight excluding hydrogens is 224 g/mol. The molecule has 1 aromatic heterocycles. The van der Waals surface area contributed by atoms with Crippen molar-refractivity contribution in [1.82, 2.24) is 10.3 Å². The maximum absolute atomic E-state index is 5.62. The molecule has 1 aromatic carbocycles. The second-order valence-corrected chi connectivity index (χ2v) is 4.19. The van der Waals surface area contributed by atoms with Crippen molar-refractivity contribution in [3.05, 3.63) is 59.9 Å². The van der Waals surface area contributed by atoms with Crippen LogP contribution in [0, 0.1) is 6.92 Å². The number of rotatable bonds is 6. The monoisotopic (exact) mass is 242 g/mol. The Morgan fingerprint density at radius 3 is 2.50 bits per heavy atom. The fourth-order valence-corrected chi connectivity index (χ4v) is 1.61. The molecule has 0 amide bonds. The van der Waals surface area contributed by atoms with Gasteiger partial charge >= 0.3 is 0 Å². The van der Waals surface area contributed by atoms with Crippen molar-refractivity contribution >= 4 is 0 Å². The molecule has 0 aliphatic rings. The number of aryl methyl sites for hydroxylation is 1. The minimum absolute atomic E-state index is 0.675. The van der Waals surface area contributed by atoms with E-state index in [4.69, 9.17) is 4.74 Å². The maximum atomic E-state index is 5.62. The average Bonchev–Trinajstić information content (AvgIpc) is 2.42. The summed E-state index contributed by atoms with van der Waals surface area (Å²) in [5, 5.41) is 3.33. The Balaban J connectivity index is 1.63. The summed E-state index contributed by atoms with van der Waals surface area (Å²) < 4.78 is 5.62. The highest BCUT2D eigenvalue weighted by molar-refractivity contribution is 5.26. The molecule has 1 heterocycles. The molecule has 94 valence electrons. The van der Waals surface area contributed by atoms with Crippen molar-refractivity contribution in [1.29, 1.82) is 0 Å². The van der Waals surface area contributed by atoms with E-state index < -0.39 is 0 Å². The third-order valence-corrected chi connectivity index (χ3v) is 2.65. The first-order valence-electron chi connectivity index (χ1n) is 6.14. The van der Waals surface area contributed by atoms with Crippen molar-refractivity contribution in [2.75, 3.05) is 13.2 Å².